The van der Waals surface area contributed by atoms with Crippen molar-refractivity contribution in [3.05, 3.63) is 29.4 Å². The van der Waals surface area contributed by atoms with Crippen molar-refractivity contribution in [3.8, 4) is 11.3 Å². The van der Waals surface area contributed by atoms with Gasteiger partial charge in [-0.05, 0) is 44.4 Å². The number of hydrogen-bond donors (Lipinski definition) is 1. The summed E-state index contributed by atoms with van der Waals surface area (Å²) in [6.07, 6.45) is 0. The second-order valence-corrected chi connectivity index (χ2v) is 7.50. The molecule has 0 aliphatic carbocycles. The van der Waals surface area contributed by atoms with Crippen molar-refractivity contribution in [2.45, 2.75) is 47.6 Å². The molecule has 4 aromatic rings. The number of rotatable bonds is 3. The fourth-order valence-corrected chi connectivity index (χ4v) is 3.38. The second kappa shape index (κ2) is 6.04. The Kier molecular flexibility index (Phi) is 3.91. The van der Waals surface area contributed by atoms with Crippen LogP contribution in [0.25, 0.3) is 33.4 Å². The molecule has 7 nitrogen and oxygen atoms in total. The van der Waals surface area contributed by atoms with E-state index in [1.54, 1.807) is 0 Å². The number of nitrogens with zero attached hydrogens (tertiary/aromatic N) is 5. The van der Waals surface area contributed by atoms with E-state index in [0.717, 1.165) is 39.0 Å². The highest BCUT2D eigenvalue weighted by Crippen LogP contribution is 2.36. The maximum atomic E-state index is 6.31. The quantitative estimate of drug-likeness (QED) is 0.377. The summed E-state index contributed by atoms with van der Waals surface area (Å²) in [7, 11) is 0. The Morgan fingerprint density at radius 1 is 1.07 bits per heavy atom. The van der Waals surface area contributed by atoms with Crippen LogP contribution < -0.4 is 5.73 Å². The van der Waals surface area contributed by atoms with Gasteiger partial charge in [-0.25, -0.2) is 19.6 Å². The molecule has 7 heteroatoms. The number of hydrogen-bond acceptors (Lipinski definition) is 6. The van der Waals surface area contributed by atoms with Crippen molar-refractivity contribution in [2.75, 3.05) is 5.73 Å². The average Bonchev–Trinajstić information content (AvgIpc) is 3.12. The van der Waals surface area contributed by atoms with Crippen LogP contribution in [0.4, 0.5) is 5.82 Å². The zero-order valence-corrected chi connectivity index (χ0v) is 16.5. The molecule has 3 aromatic heterocycles. The lowest BCUT2D eigenvalue weighted by atomic mass is 10.0. The summed E-state index contributed by atoms with van der Waals surface area (Å²) in [6, 6.07) is 4.17. The highest BCUT2D eigenvalue weighted by molar-refractivity contribution is 6.00. The lowest BCUT2D eigenvalue weighted by Crippen LogP contribution is -2.14. The Morgan fingerprint density at radius 3 is 2.52 bits per heavy atom. The van der Waals surface area contributed by atoms with Gasteiger partial charge in [0.1, 0.15) is 22.9 Å². The molecule has 2 N–H and O–H groups in total. The molecule has 1 atom stereocenters. The SMILES string of the molecule is Cc1nc(N)c2c(-c3cc4nc(C)oc4cc3C)nn(C(C)C(C)C)c2n1.[HH].[HH].[HH].[HH].[HH].[HH].[HH].[HH].[HH].[HH].[HH].[HH].[HH].[HH].[HH]. The van der Waals surface area contributed by atoms with Crippen LogP contribution in [0.3, 0.4) is 0 Å². The highest BCUT2D eigenvalue weighted by atomic mass is 16.3. The van der Waals surface area contributed by atoms with Gasteiger partial charge in [-0.15, -0.1) is 0 Å². The minimum absolute atomic E-state index is 0. The van der Waals surface area contributed by atoms with E-state index in [1.165, 1.54) is 0 Å². The molecule has 27 heavy (non-hydrogen) atoms. The van der Waals surface area contributed by atoms with Crippen LogP contribution in [-0.4, -0.2) is 24.7 Å². The van der Waals surface area contributed by atoms with Crippen molar-refractivity contribution >= 4 is 28.0 Å². The molecule has 0 aliphatic heterocycles. The minimum atomic E-state index is 0. The third-order valence-electron chi connectivity index (χ3n) is 5.14. The van der Waals surface area contributed by atoms with E-state index in [0.29, 0.717) is 23.5 Å². The van der Waals surface area contributed by atoms with Crippen molar-refractivity contribution < 1.29 is 25.8 Å². The van der Waals surface area contributed by atoms with Crippen LogP contribution in [0.5, 0.6) is 0 Å². The molecular formula is C20H54N6O. The Balaban J connectivity index is -0.0000000600. The van der Waals surface area contributed by atoms with E-state index in [4.69, 9.17) is 15.2 Å². The molecule has 0 radical (unpaired) electrons. The minimum Gasteiger partial charge on any atom is -0.441 e. The molecule has 0 saturated heterocycles. The molecule has 170 valence electrons. The molecule has 0 spiro atoms. The molecule has 0 saturated carbocycles. The first-order valence-corrected chi connectivity index (χ1v) is 9.16. The van der Waals surface area contributed by atoms with Gasteiger partial charge in [0.05, 0.1) is 11.4 Å². The Hall–Kier alpha value is -2.96. The van der Waals surface area contributed by atoms with Crippen molar-refractivity contribution in [1.82, 2.24) is 24.7 Å². The first kappa shape index (κ1) is 17.5. The summed E-state index contributed by atoms with van der Waals surface area (Å²) in [5, 5.41) is 5.72. The fraction of sp³-hybridized carbons (Fsp3) is 0.400. The molecule has 4 rings (SSSR count). The molecule has 0 bridgehead atoms. The summed E-state index contributed by atoms with van der Waals surface area (Å²) in [4.78, 5) is 13.5. The summed E-state index contributed by atoms with van der Waals surface area (Å²) in [5.41, 5.74) is 11.5. The summed E-state index contributed by atoms with van der Waals surface area (Å²) in [5.74, 6) is 2.14. The largest absolute Gasteiger partial charge is 0.441 e. The summed E-state index contributed by atoms with van der Waals surface area (Å²) < 4.78 is 7.63. The number of nitrogen functional groups attached to an aromatic ring is 1. The zero-order chi connectivity index (χ0) is 19.5. The maximum absolute atomic E-state index is 6.31. The zero-order valence-electron chi connectivity index (χ0n) is 16.5. The number of nitrogens with two attached hydrogens (primary N) is 1. The molecule has 0 aliphatic rings. The molecule has 1 aromatic carbocycles. The molecule has 0 fully saturated rings. The second-order valence-electron chi connectivity index (χ2n) is 7.50. The molecular weight excluding hydrogens is 340 g/mol. The number of oxazole rings is 1. The lowest BCUT2D eigenvalue weighted by Gasteiger charge is -2.16. The van der Waals surface area contributed by atoms with Gasteiger partial charge in [0.2, 0.25) is 0 Å². The van der Waals surface area contributed by atoms with Crippen LogP contribution in [0.2, 0.25) is 0 Å². The monoisotopic (exact) mass is 394 g/mol. The normalized spacial score (nSPS) is 13.1. The molecule has 3 heterocycles. The van der Waals surface area contributed by atoms with Crippen LogP contribution in [-0.2, 0) is 0 Å². The van der Waals surface area contributed by atoms with Crippen molar-refractivity contribution in [3.63, 3.8) is 0 Å². The van der Waals surface area contributed by atoms with Crippen LogP contribution in [0, 0.1) is 26.7 Å². The van der Waals surface area contributed by atoms with E-state index >= 15 is 0 Å². The predicted octanol–water partition coefficient (Wildman–Crippen LogP) is 8.05. The number of anilines is 1. The van der Waals surface area contributed by atoms with Crippen LogP contribution in [0.1, 0.15) is 65.5 Å². The Labute approximate surface area is 179 Å². The summed E-state index contributed by atoms with van der Waals surface area (Å²) in [6.45, 7) is 12.2. The standard InChI is InChI=1S/C20H24N6O.15H2/c1-9(2)11(4)26-20-17(19(21)22-12(5)23-20)18(25-26)14-8-15-16(7-10(14)3)27-13(6)24-15;;;;;;;;;;;;;;;/h7-9,11H,1-6H3,(H2,21,22,23);15*1H. The van der Waals surface area contributed by atoms with Gasteiger partial charge >= 0.3 is 0 Å². The van der Waals surface area contributed by atoms with Crippen LogP contribution in [0.15, 0.2) is 16.5 Å². The number of aromatic nitrogens is 5. The number of fused-ring (bicyclic) bond motifs is 2. The van der Waals surface area contributed by atoms with Crippen molar-refractivity contribution in [1.29, 1.82) is 0 Å². The number of aryl methyl sites for hydroxylation is 3. The smallest absolute Gasteiger partial charge is 0.192 e. The van der Waals surface area contributed by atoms with Crippen LogP contribution >= 0.6 is 0 Å². The Bertz CT molecular complexity index is 1210. The van der Waals surface area contributed by atoms with E-state index in [9.17, 15) is 0 Å². The lowest BCUT2D eigenvalue weighted by molar-refractivity contribution is 0.384. The first-order chi connectivity index (χ1) is 12.8. The topological polar surface area (TPSA) is 95.6 Å². The maximum Gasteiger partial charge on any atom is 0.192 e. The highest BCUT2D eigenvalue weighted by Gasteiger charge is 2.23. The third-order valence-corrected chi connectivity index (χ3v) is 5.14. The predicted molar refractivity (Wildman–Crippen MR) is 138 cm³/mol. The van der Waals surface area contributed by atoms with Gasteiger partial charge in [-0.3, -0.25) is 0 Å². The Morgan fingerprint density at radius 2 is 1.81 bits per heavy atom. The third kappa shape index (κ3) is 2.74. The molecule has 1 unspecified atom stereocenters. The van der Waals surface area contributed by atoms with Gasteiger partial charge in [-0.2, -0.15) is 5.10 Å². The van der Waals surface area contributed by atoms with Gasteiger partial charge in [-0.1, -0.05) is 13.8 Å². The fourth-order valence-electron chi connectivity index (χ4n) is 3.38. The van der Waals surface area contributed by atoms with E-state index in [-0.39, 0.29) is 27.4 Å². The summed E-state index contributed by atoms with van der Waals surface area (Å²) >= 11 is 0. The molecule has 0 amide bonds. The van der Waals surface area contributed by atoms with Gasteiger partial charge < -0.3 is 10.2 Å². The van der Waals surface area contributed by atoms with Crippen molar-refractivity contribution in [2.24, 2.45) is 5.92 Å². The average molecular weight is 395 g/mol. The van der Waals surface area contributed by atoms with Gasteiger partial charge in [0.15, 0.2) is 17.1 Å². The number of benzene rings is 1. The van der Waals surface area contributed by atoms with Gasteiger partial charge in [0.25, 0.3) is 0 Å². The van der Waals surface area contributed by atoms with Gasteiger partial charge in [0, 0.05) is 33.9 Å². The van der Waals surface area contributed by atoms with E-state index in [1.807, 2.05) is 37.6 Å². The van der Waals surface area contributed by atoms with E-state index < -0.39 is 0 Å². The first-order valence-electron chi connectivity index (χ1n) is 9.16. The van der Waals surface area contributed by atoms with E-state index in [2.05, 4.69) is 35.7 Å².